The number of aromatic nitrogens is 1. The van der Waals surface area contributed by atoms with Crippen LogP contribution in [0.15, 0.2) is 16.0 Å². The lowest BCUT2D eigenvalue weighted by atomic mass is 9.75. The molecule has 0 radical (unpaired) electrons. The zero-order chi connectivity index (χ0) is 12.8. The highest BCUT2D eigenvalue weighted by Crippen LogP contribution is 2.34. The van der Waals surface area contributed by atoms with Crippen LogP contribution in [0.25, 0.3) is 0 Å². The van der Waals surface area contributed by atoms with Crippen LogP contribution in [-0.4, -0.2) is 10.4 Å². The number of pyridine rings is 1. The normalized spacial score (nSPS) is 20.2. The number of fused-ring (bicyclic) bond motifs is 1. The van der Waals surface area contributed by atoms with Crippen molar-refractivity contribution in [3.8, 4) is 0 Å². The average Bonchev–Trinajstić information content (AvgIpc) is 2.26. The number of anilines is 1. The van der Waals surface area contributed by atoms with Crippen molar-refractivity contribution in [1.82, 2.24) is 4.68 Å². The van der Waals surface area contributed by atoms with Crippen LogP contribution >= 0.6 is 0 Å². The molecular formula is C11H17N5O. The molecule has 0 saturated carbocycles. The Morgan fingerprint density at radius 1 is 1.41 bits per heavy atom. The Hall–Kier alpha value is -1.98. The summed E-state index contributed by atoms with van der Waals surface area (Å²) in [5, 5.41) is 3.79. The minimum Gasteiger partial charge on any atom is -0.394 e. The highest BCUT2D eigenvalue weighted by atomic mass is 16.1. The first kappa shape index (κ1) is 11.5. The summed E-state index contributed by atoms with van der Waals surface area (Å²) < 4.78 is 1.11. The van der Waals surface area contributed by atoms with Gasteiger partial charge in [-0.3, -0.25) is 4.79 Å². The van der Waals surface area contributed by atoms with Gasteiger partial charge in [0.1, 0.15) is 5.69 Å². The predicted octanol–water partition coefficient (Wildman–Crippen LogP) is -0.220. The summed E-state index contributed by atoms with van der Waals surface area (Å²) in [5.74, 6) is 11.2. The molecule has 1 heterocycles. The fourth-order valence-corrected chi connectivity index (χ4v) is 2.30. The lowest BCUT2D eigenvalue weighted by molar-refractivity contribution is 0.362. The van der Waals surface area contributed by atoms with Crippen LogP contribution in [0.2, 0.25) is 0 Å². The second-order valence-corrected chi connectivity index (χ2v) is 5.23. The van der Waals surface area contributed by atoms with Gasteiger partial charge >= 0.3 is 0 Å². The predicted molar refractivity (Wildman–Crippen MR) is 68.1 cm³/mol. The van der Waals surface area contributed by atoms with E-state index in [4.69, 9.17) is 17.4 Å². The highest BCUT2D eigenvalue weighted by Gasteiger charge is 2.32. The van der Waals surface area contributed by atoms with Gasteiger partial charge in [-0.05, 0) is 24.3 Å². The number of nitrogens with zero attached hydrogens (tertiary/aromatic N) is 2. The Morgan fingerprint density at radius 2 is 2.06 bits per heavy atom. The summed E-state index contributed by atoms with van der Waals surface area (Å²) >= 11 is 0. The van der Waals surface area contributed by atoms with Crippen molar-refractivity contribution in [2.75, 3.05) is 11.6 Å². The van der Waals surface area contributed by atoms with Crippen LogP contribution < -0.4 is 23.0 Å². The van der Waals surface area contributed by atoms with Crippen molar-refractivity contribution in [3.05, 3.63) is 27.7 Å². The molecule has 1 aliphatic carbocycles. The fourth-order valence-electron chi connectivity index (χ4n) is 2.30. The minimum absolute atomic E-state index is 0.0190. The Kier molecular flexibility index (Phi) is 2.38. The molecule has 0 bridgehead atoms. The number of rotatable bonds is 0. The number of nitrogens with two attached hydrogens (primary N) is 3. The van der Waals surface area contributed by atoms with Crippen molar-refractivity contribution in [2.24, 2.45) is 16.4 Å². The largest absolute Gasteiger partial charge is 0.394 e. The Labute approximate surface area is 99.1 Å². The molecule has 6 heteroatoms. The fraction of sp³-hybridized carbons (Fsp3) is 0.455. The minimum atomic E-state index is -0.377. The van der Waals surface area contributed by atoms with Crippen molar-refractivity contribution in [2.45, 2.75) is 26.7 Å². The molecule has 0 aliphatic heterocycles. The smallest absolute Gasteiger partial charge is 0.292 e. The monoisotopic (exact) mass is 235 g/mol. The summed E-state index contributed by atoms with van der Waals surface area (Å²) in [6.07, 6.45) is 1.45. The van der Waals surface area contributed by atoms with Gasteiger partial charge in [0, 0.05) is 5.56 Å². The van der Waals surface area contributed by atoms with Gasteiger partial charge in [0.15, 0.2) is 0 Å². The van der Waals surface area contributed by atoms with E-state index >= 15 is 0 Å². The summed E-state index contributed by atoms with van der Waals surface area (Å²) in [6.45, 7) is 4.17. The van der Waals surface area contributed by atoms with Crippen LogP contribution in [0.3, 0.4) is 0 Å². The standard InChI is InChI=1S/C11H17N5O/c1-11(2)4-8(15-13)6-3-7(12)10(17)16(14)9(6)5-11/h3H,4-5,12-14H2,1-2H3/b15-8-. The Balaban J connectivity index is 2.75. The zero-order valence-electron chi connectivity index (χ0n) is 10.0. The molecular weight excluding hydrogens is 218 g/mol. The molecule has 2 rings (SSSR count). The van der Waals surface area contributed by atoms with E-state index in [-0.39, 0.29) is 16.7 Å². The summed E-state index contributed by atoms with van der Waals surface area (Å²) in [5.41, 5.74) is 7.60. The quantitative estimate of drug-likeness (QED) is 0.426. The van der Waals surface area contributed by atoms with Crippen molar-refractivity contribution >= 4 is 11.4 Å². The van der Waals surface area contributed by atoms with Gasteiger partial charge in [0.25, 0.3) is 5.56 Å². The van der Waals surface area contributed by atoms with Crippen LogP contribution in [0.5, 0.6) is 0 Å². The molecule has 0 fully saturated rings. The molecule has 0 aromatic carbocycles. The van der Waals surface area contributed by atoms with Crippen LogP contribution in [0, 0.1) is 5.41 Å². The van der Waals surface area contributed by atoms with Crippen LogP contribution in [-0.2, 0) is 6.42 Å². The maximum Gasteiger partial charge on any atom is 0.292 e. The van der Waals surface area contributed by atoms with E-state index in [2.05, 4.69) is 18.9 Å². The molecule has 6 nitrogen and oxygen atoms in total. The van der Waals surface area contributed by atoms with Crippen molar-refractivity contribution in [1.29, 1.82) is 0 Å². The Morgan fingerprint density at radius 3 is 2.65 bits per heavy atom. The maximum atomic E-state index is 11.7. The third kappa shape index (κ3) is 1.75. The molecule has 1 aromatic heterocycles. The molecule has 0 saturated heterocycles. The summed E-state index contributed by atoms with van der Waals surface area (Å²) in [6, 6.07) is 1.61. The topological polar surface area (TPSA) is 112 Å². The highest BCUT2D eigenvalue weighted by molar-refractivity contribution is 6.03. The summed E-state index contributed by atoms with van der Waals surface area (Å²) in [7, 11) is 0. The Bertz CT molecular complexity index is 556. The first-order valence-corrected chi connectivity index (χ1v) is 5.42. The van der Waals surface area contributed by atoms with Gasteiger partial charge in [-0.15, -0.1) is 0 Å². The second kappa shape index (κ2) is 3.51. The number of hydrogen-bond acceptors (Lipinski definition) is 5. The molecule has 17 heavy (non-hydrogen) atoms. The van der Waals surface area contributed by atoms with Crippen LogP contribution in [0.1, 0.15) is 31.5 Å². The molecule has 6 N–H and O–H groups in total. The maximum absolute atomic E-state index is 11.7. The SMILES string of the molecule is CC1(C)C/C(=N/N)c2cc(N)c(=O)n(N)c2C1. The van der Waals surface area contributed by atoms with Gasteiger partial charge < -0.3 is 17.4 Å². The number of hydrazone groups is 1. The van der Waals surface area contributed by atoms with E-state index in [1.54, 1.807) is 6.07 Å². The van der Waals surface area contributed by atoms with Gasteiger partial charge in [-0.25, -0.2) is 4.68 Å². The van der Waals surface area contributed by atoms with E-state index < -0.39 is 0 Å². The van der Waals surface area contributed by atoms with E-state index in [0.717, 1.165) is 28.1 Å². The molecule has 0 spiro atoms. The number of hydrogen-bond donors (Lipinski definition) is 3. The lowest BCUT2D eigenvalue weighted by Gasteiger charge is -2.32. The van der Waals surface area contributed by atoms with Crippen molar-refractivity contribution < 1.29 is 0 Å². The third-order valence-electron chi connectivity index (χ3n) is 3.13. The number of nitrogen functional groups attached to an aromatic ring is 2. The van der Waals surface area contributed by atoms with Gasteiger partial charge in [-0.1, -0.05) is 13.8 Å². The summed E-state index contributed by atoms with van der Waals surface area (Å²) in [4.78, 5) is 11.7. The lowest BCUT2D eigenvalue weighted by Crippen LogP contribution is -2.39. The molecule has 0 atom stereocenters. The molecule has 0 amide bonds. The first-order chi connectivity index (χ1) is 7.85. The van der Waals surface area contributed by atoms with E-state index in [0.29, 0.717) is 6.42 Å². The van der Waals surface area contributed by atoms with Crippen molar-refractivity contribution in [3.63, 3.8) is 0 Å². The molecule has 92 valence electrons. The van der Waals surface area contributed by atoms with Crippen LogP contribution in [0.4, 0.5) is 5.69 Å². The van der Waals surface area contributed by atoms with Gasteiger partial charge in [0.05, 0.1) is 11.4 Å². The van der Waals surface area contributed by atoms with E-state index in [1.807, 2.05) is 0 Å². The first-order valence-electron chi connectivity index (χ1n) is 5.42. The average molecular weight is 235 g/mol. The zero-order valence-corrected chi connectivity index (χ0v) is 10.0. The van der Waals surface area contributed by atoms with Gasteiger partial charge in [0.2, 0.25) is 0 Å². The van der Waals surface area contributed by atoms with E-state index in [1.165, 1.54) is 0 Å². The van der Waals surface area contributed by atoms with E-state index in [9.17, 15) is 4.79 Å². The molecule has 1 aliphatic rings. The third-order valence-corrected chi connectivity index (χ3v) is 3.13. The molecule has 0 unspecified atom stereocenters. The molecule has 1 aromatic rings. The van der Waals surface area contributed by atoms with Gasteiger partial charge in [-0.2, -0.15) is 5.10 Å². The second-order valence-electron chi connectivity index (χ2n) is 5.23.